The van der Waals surface area contributed by atoms with E-state index in [-0.39, 0.29) is 167 Å². The van der Waals surface area contributed by atoms with E-state index in [1.165, 1.54) is 103 Å². The Bertz CT molecular complexity index is 3710. The van der Waals surface area contributed by atoms with Gasteiger partial charge >= 0.3 is 53.7 Å². The number of hydrogen-bond donors (Lipinski definition) is 3. The lowest BCUT2D eigenvalue weighted by Crippen LogP contribution is -2.39. The Balaban J connectivity index is 0.000000154. The molecule has 8 saturated heterocycles. The van der Waals surface area contributed by atoms with Gasteiger partial charge in [0.2, 0.25) is 0 Å². The van der Waals surface area contributed by atoms with Gasteiger partial charge in [0.25, 0.3) is 0 Å². The monoisotopic (exact) mass is 2000 g/mol. The van der Waals surface area contributed by atoms with Crippen molar-refractivity contribution in [1.82, 2.24) is 0 Å². The first-order valence-electron chi connectivity index (χ1n) is 59.4. The average molecular weight is 2000 g/mol. The fourth-order valence-electron chi connectivity index (χ4n) is 32.4. The third-order valence-corrected chi connectivity index (χ3v) is 40.8. The highest BCUT2D eigenvalue weighted by Crippen LogP contribution is 2.68. The standard InChI is InChI=1S/C22H36O2.C17H30O2.C16H28O3.C15H24O2.3C10H16O3.C10H18O2.C9H16O3/c1-4-14-11-15(5-2)20-17-12-16(19(14)20)13-18(17)21(23)24-22(6-3)9-7-8-10-22;1-4-13-11-14(5-2)15(12-13)16(18)19-17(6-3)9-7-8-10-17;1-4-12-11-13(14(5-2)18-12)15(17)19-16(6-3)9-7-8-10-16;1-3-8-5-9(4-2)14-11-6-10(13(8)14)7-12(11)15(16)17;3*1-3-7-6-5-12-10(11)9(6)8(4-2)13-7;1-3-7-5-8(4-2)9(6-7)10(11)12;1-3-6-5-7(9(10)11)8(4-2)12-6/h14-20H,4-13H2,1-3H3;13-15H,4-12H2,1-3H3;12-14H,4-11H2,1-3H3;8-14H,3-7H2,1-2H3,(H,16,17);3*6-9H,3-5H2,1-2H3;7-9H,3-6H2,1-2H3,(H,11,12);6-8H,3-5H2,1-2H3,(H,10,11). The number of carbonyl (C=O) groups is 9. The fraction of sp³-hybridized carbons (Fsp3) is 0.924. The van der Waals surface area contributed by atoms with Gasteiger partial charge in [0.15, 0.2) is 0 Å². The van der Waals surface area contributed by atoms with Gasteiger partial charge in [0.05, 0.1) is 134 Å². The number of rotatable bonds is 30. The van der Waals surface area contributed by atoms with Crippen LogP contribution in [-0.4, -0.2) is 167 Å². The van der Waals surface area contributed by atoms with E-state index >= 15 is 0 Å². The second-order valence-electron chi connectivity index (χ2n) is 47.5. The number of cyclic esters (lactones) is 3. The number of aliphatic carboxylic acids is 3. The summed E-state index contributed by atoms with van der Waals surface area (Å²) in [6, 6.07) is 0. The highest BCUT2D eigenvalue weighted by Gasteiger charge is 2.64. The van der Waals surface area contributed by atoms with Gasteiger partial charge in [-0.05, 0) is 332 Å². The molecule has 814 valence electrons. The van der Waals surface area contributed by atoms with E-state index < -0.39 is 17.9 Å². The average Bonchev–Trinajstić information content (AvgIpc) is 1.56. The first kappa shape index (κ1) is 117. The van der Waals surface area contributed by atoms with Crippen LogP contribution in [0.4, 0.5) is 0 Å². The lowest BCUT2D eigenvalue weighted by Gasteiger charge is -2.37. The minimum Gasteiger partial charge on any atom is -0.481 e. The summed E-state index contributed by atoms with van der Waals surface area (Å²) in [6.07, 6.45) is 50.4. The van der Waals surface area contributed by atoms with Crippen molar-refractivity contribution in [3.63, 3.8) is 0 Å². The Morgan fingerprint density at radius 1 is 0.261 bits per heavy atom. The van der Waals surface area contributed by atoms with Crippen LogP contribution >= 0.6 is 0 Å². The van der Waals surface area contributed by atoms with E-state index in [0.29, 0.717) is 73.6 Å². The van der Waals surface area contributed by atoms with Gasteiger partial charge < -0.3 is 67.4 Å². The minimum absolute atomic E-state index is 0.00782. The summed E-state index contributed by atoms with van der Waals surface area (Å²) in [5.74, 6) is 11.4. The molecule has 38 atom stereocenters. The Hall–Kier alpha value is -4.97. The molecular weight excluding hydrogens is 1800 g/mol. The lowest BCUT2D eigenvalue weighted by molar-refractivity contribution is -0.169. The van der Waals surface area contributed by atoms with Crippen LogP contribution in [0.5, 0.6) is 0 Å². The first-order chi connectivity index (χ1) is 68.3. The van der Waals surface area contributed by atoms with Crippen molar-refractivity contribution in [2.75, 3.05) is 19.8 Å². The van der Waals surface area contributed by atoms with Gasteiger partial charge in [-0.1, -0.05) is 197 Å². The van der Waals surface area contributed by atoms with Crippen LogP contribution in [0.15, 0.2) is 0 Å². The number of carbonyl (C=O) groups excluding carboxylic acids is 6. The molecule has 11 aliphatic carbocycles. The Kier molecular flexibility index (Phi) is 45.1. The van der Waals surface area contributed by atoms with Gasteiger partial charge in [0, 0.05) is 17.8 Å². The van der Waals surface area contributed by atoms with Gasteiger partial charge in [-0.3, -0.25) is 43.2 Å². The number of esters is 6. The topological polar surface area (TPSA) is 316 Å². The molecule has 38 unspecified atom stereocenters. The van der Waals surface area contributed by atoms with E-state index in [2.05, 4.69) is 132 Å². The maximum Gasteiger partial charge on any atom is 0.312 e. The van der Waals surface area contributed by atoms with Crippen molar-refractivity contribution in [3.8, 4) is 0 Å². The molecule has 4 bridgehead atoms. The van der Waals surface area contributed by atoms with Crippen LogP contribution < -0.4 is 0 Å². The SMILES string of the molecule is CCC1CC(C(=O)O)C(CC)O1.CCC1CC(C(=O)OC2(CC)CCCC2)C(CC)O1.CCC1CC(CC)C(C(=O)O)C1.CCC1CC(CC)C(C(=O)OC2(CC)CCCC2)C1.CCC1CC(CC)C2C3CC(CC3C(=O)O)C12.CCC1CC(CC)C2C3CC(CC3C(=O)OC3(CC)CCCC3)C12.CCC1OC(CC)C2C(=O)OCC12.CCC1OC(CC)C2C(=O)OCC12.CCC1OC(CC)C2C(=O)OCC12. The van der Waals surface area contributed by atoms with E-state index in [1.54, 1.807) is 0 Å². The van der Waals surface area contributed by atoms with Gasteiger partial charge in [0.1, 0.15) is 16.8 Å². The minimum atomic E-state index is -0.710. The van der Waals surface area contributed by atoms with Gasteiger partial charge in [-0.2, -0.15) is 0 Å². The summed E-state index contributed by atoms with van der Waals surface area (Å²) in [4.78, 5) is 105. The maximum atomic E-state index is 13.1. The zero-order valence-corrected chi connectivity index (χ0v) is 92.4. The fourth-order valence-corrected chi connectivity index (χ4v) is 32.4. The number of ether oxygens (including phenoxy) is 11. The molecule has 0 aromatic heterocycles. The predicted octanol–water partition coefficient (Wildman–Crippen LogP) is 25.9. The molecule has 23 nitrogen and oxygen atoms in total. The Morgan fingerprint density at radius 2 is 0.549 bits per heavy atom. The van der Waals surface area contributed by atoms with E-state index in [9.17, 15) is 48.3 Å². The summed E-state index contributed by atoms with van der Waals surface area (Å²) in [5.41, 5.74) is -0.385. The predicted molar refractivity (Wildman–Crippen MR) is 550 cm³/mol. The van der Waals surface area contributed by atoms with Crippen molar-refractivity contribution >= 4 is 53.7 Å². The van der Waals surface area contributed by atoms with Crippen LogP contribution in [0.2, 0.25) is 0 Å². The normalized spacial score (nSPS) is 40.8. The van der Waals surface area contributed by atoms with Crippen molar-refractivity contribution in [2.45, 2.75) is 512 Å². The quantitative estimate of drug-likeness (QED) is 0.0444. The van der Waals surface area contributed by atoms with Crippen molar-refractivity contribution in [3.05, 3.63) is 0 Å². The molecule has 142 heavy (non-hydrogen) atoms. The Labute approximate surface area is 857 Å². The third-order valence-electron chi connectivity index (χ3n) is 40.8. The maximum absolute atomic E-state index is 13.1. The molecule has 0 radical (unpaired) electrons. The highest BCUT2D eigenvalue weighted by atomic mass is 16.6. The molecule has 0 aromatic rings. The van der Waals surface area contributed by atoms with Crippen LogP contribution in [0.1, 0.15) is 434 Å². The van der Waals surface area contributed by atoms with Crippen molar-refractivity contribution < 1.29 is 111 Å². The first-order valence-corrected chi connectivity index (χ1v) is 59.4. The second-order valence-corrected chi connectivity index (χ2v) is 47.5. The number of fused-ring (bicyclic) bond motifs is 13. The van der Waals surface area contributed by atoms with E-state index in [1.807, 2.05) is 13.8 Å². The molecule has 19 aliphatic rings. The second kappa shape index (κ2) is 54.7. The summed E-state index contributed by atoms with van der Waals surface area (Å²) in [5, 5.41) is 27.1. The van der Waals surface area contributed by atoms with Gasteiger partial charge in [-0.15, -0.1) is 0 Å². The van der Waals surface area contributed by atoms with Crippen LogP contribution in [0.25, 0.3) is 0 Å². The van der Waals surface area contributed by atoms with Crippen molar-refractivity contribution in [2.24, 2.45) is 166 Å². The summed E-state index contributed by atoms with van der Waals surface area (Å²) in [7, 11) is 0. The van der Waals surface area contributed by atoms with E-state index in [0.717, 1.165) is 245 Å². The third kappa shape index (κ3) is 26.8. The summed E-state index contributed by atoms with van der Waals surface area (Å²) in [6.45, 7) is 47.0. The summed E-state index contributed by atoms with van der Waals surface area (Å²) < 4.78 is 62.2. The lowest BCUT2D eigenvalue weighted by atomic mass is 9.70. The number of carboxylic acids is 3. The van der Waals surface area contributed by atoms with Gasteiger partial charge in [-0.25, -0.2) is 0 Å². The van der Waals surface area contributed by atoms with Crippen LogP contribution in [-0.2, 0) is 95.3 Å². The number of carboxylic acid groups (broad SMARTS) is 3. The van der Waals surface area contributed by atoms with Crippen LogP contribution in [0.3, 0.4) is 0 Å². The molecule has 19 fully saturated rings. The molecule has 3 N–H and O–H groups in total. The smallest absolute Gasteiger partial charge is 0.312 e. The molecule has 11 saturated carbocycles. The molecule has 23 heteroatoms. The Morgan fingerprint density at radius 3 is 0.845 bits per heavy atom. The molecule has 0 spiro atoms. The molecular formula is C119H200O23. The molecule has 19 rings (SSSR count). The molecule has 0 aromatic carbocycles. The largest absolute Gasteiger partial charge is 0.481 e. The summed E-state index contributed by atoms with van der Waals surface area (Å²) >= 11 is 0. The number of hydrogen-bond acceptors (Lipinski definition) is 20. The zero-order valence-electron chi connectivity index (χ0n) is 92.4. The highest BCUT2D eigenvalue weighted by molar-refractivity contribution is 5.78. The zero-order chi connectivity index (χ0) is 103. The molecule has 8 heterocycles. The molecule has 8 aliphatic heterocycles. The van der Waals surface area contributed by atoms with E-state index in [4.69, 9.17) is 62.3 Å². The van der Waals surface area contributed by atoms with Crippen molar-refractivity contribution in [1.29, 1.82) is 0 Å². The molecule has 0 amide bonds. The van der Waals surface area contributed by atoms with Crippen LogP contribution in [0, 0.1) is 166 Å².